The van der Waals surface area contributed by atoms with E-state index < -0.39 is 0 Å². The van der Waals surface area contributed by atoms with Gasteiger partial charge in [-0.1, -0.05) is 13.8 Å². The molecular formula is C13H22N4O2. The number of nitrogens with one attached hydrogen (secondary N) is 1. The molecule has 1 aliphatic rings. The van der Waals surface area contributed by atoms with Crippen LogP contribution in [0.1, 0.15) is 30.8 Å². The zero-order valence-electron chi connectivity index (χ0n) is 11.7. The fourth-order valence-electron chi connectivity index (χ4n) is 2.16. The monoisotopic (exact) mass is 266 g/mol. The topological polar surface area (TPSA) is 59.4 Å². The number of carbonyl (C=O) groups excluding carboxylic acids is 1. The summed E-state index contributed by atoms with van der Waals surface area (Å²) in [5.41, 5.74) is 0.442. The lowest BCUT2D eigenvalue weighted by molar-refractivity contribution is 0.0945. The molecule has 19 heavy (non-hydrogen) atoms. The van der Waals surface area contributed by atoms with Gasteiger partial charge in [-0.15, -0.1) is 0 Å². The lowest BCUT2D eigenvalue weighted by Crippen LogP contribution is -2.30. The minimum Gasteiger partial charge on any atom is -0.476 e. The Balaban J connectivity index is 1.72. The number of ether oxygens (including phenoxy) is 1. The van der Waals surface area contributed by atoms with Gasteiger partial charge in [0, 0.05) is 12.6 Å². The maximum absolute atomic E-state index is 11.9. The summed E-state index contributed by atoms with van der Waals surface area (Å²) in [5.74, 6) is 0.568. The predicted octanol–water partition coefficient (Wildman–Crippen LogP) is 0.737. The highest BCUT2D eigenvalue weighted by Gasteiger charge is 2.18. The summed E-state index contributed by atoms with van der Waals surface area (Å²) in [6, 6.07) is 1.70. The number of aromatic nitrogens is 2. The minimum absolute atomic E-state index is 0.120. The average molecular weight is 266 g/mol. The number of carbonyl (C=O) groups is 1. The van der Waals surface area contributed by atoms with E-state index in [-0.39, 0.29) is 5.91 Å². The van der Waals surface area contributed by atoms with Crippen LogP contribution in [-0.4, -0.2) is 53.4 Å². The molecule has 0 aliphatic carbocycles. The van der Waals surface area contributed by atoms with Crippen molar-refractivity contribution in [2.75, 3.05) is 32.8 Å². The third-order valence-corrected chi connectivity index (χ3v) is 3.36. The summed E-state index contributed by atoms with van der Waals surface area (Å²) in [7, 11) is 0. The van der Waals surface area contributed by atoms with E-state index in [0.717, 1.165) is 32.6 Å². The number of amides is 1. The fourth-order valence-corrected chi connectivity index (χ4v) is 2.16. The first-order valence-corrected chi connectivity index (χ1v) is 6.95. The summed E-state index contributed by atoms with van der Waals surface area (Å²) in [4.78, 5) is 14.2. The largest absolute Gasteiger partial charge is 0.476 e. The molecule has 0 fully saturated rings. The van der Waals surface area contributed by atoms with Crippen molar-refractivity contribution in [2.24, 2.45) is 0 Å². The van der Waals surface area contributed by atoms with Crippen molar-refractivity contribution in [3.8, 4) is 5.88 Å². The molecule has 0 unspecified atom stereocenters. The van der Waals surface area contributed by atoms with E-state index in [1.165, 1.54) is 0 Å². The van der Waals surface area contributed by atoms with Gasteiger partial charge in [-0.25, -0.2) is 4.68 Å². The Morgan fingerprint density at radius 3 is 3.00 bits per heavy atom. The molecule has 6 nitrogen and oxygen atoms in total. The van der Waals surface area contributed by atoms with Gasteiger partial charge in [-0.05, 0) is 26.1 Å². The molecule has 0 atom stereocenters. The maximum Gasteiger partial charge on any atom is 0.271 e. The Kier molecular flexibility index (Phi) is 4.79. The zero-order chi connectivity index (χ0) is 13.7. The number of hydrogen-bond acceptors (Lipinski definition) is 4. The SMILES string of the molecule is CCN(CC)CCCNC(=O)c1cc2n(n1)CCO2. The van der Waals surface area contributed by atoms with Gasteiger partial charge in [-0.2, -0.15) is 5.10 Å². The van der Waals surface area contributed by atoms with Crippen LogP contribution >= 0.6 is 0 Å². The van der Waals surface area contributed by atoms with Crippen LogP contribution in [0.3, 0.4) is 0 Å². The van der Waals surface area contributed by atoms with E-state index in [0.29, 0.717) is 24.7 Å². The van der Waals surface area contributed by atoms with E-state index in [9.17, 15) is 4.79 Å². The number of fused-ring (bicyclic) bond motifs is 1. The second kappa shape index (κ2) is 6.56. The predicted molar refractivity (Wildman–Crippen MR) is 72.5 cm³/mol. The highest BCUT2D eigenvalue weighted by atomic mass is 16.5. The summed E-state index contributed by atoms with van der Waals surface area (Å²) in [6.07, 6.45) is 0.956. The molecule has 0 bridgehead atoms. The molecule has 1 aromatic heterocycles. The van der Waals surface area contributed by atoms with Crippen molar-refractivity contribution in [3.05, 3.63) is 11.8 Å². The van der Waals surface area contributed by atoms with Crippen LogP contribution < -0.4 is 10.1 Å². The second-order valence-electron chi connectivity index (χ2n) is 4.58. The normalized spacial score (nSPS) is 13.4. The standard InChI is InChI=1S/C13H22N4O2/c1-3-16(4-2)7-5-6-14-13(18)11-10-12-17(15-11)8-9-19-12/h10H,3-9H2,1-2H3,(H,14,18). The summed E-state index contributed by atoms with van der Waals surface area (Å²) in [6.45, 7) is 9.46. The molecule has 0 saturated carbocycles. The van der Waals surface area contributed by atoms with Crippen LogP contribution in [-0.2, 0) is 6.54 Å². The van der Waals surface area contributed by atoms with E-state index in [1.807, 2.05) is 0 Å². The lowest BCUT2D eigenvalue weighted by Gasteiger charge is -2.17. The van der Waals surface area contributed by atoms with Crippen LogP contribution in [0.15, 0.2) is 6.07 Å². The smallest absolute Gasteiger partial charge is 0.271 e. The van der Waals surface area contributed by atoms with Crippen LogP contribution in [0.4, 0.5) is 0 Å². The molecule has 1 N–H and O–H groups in total. The Bertz CT molecular complexity index is 405. The molecule has 2 heterocycles. The van der Waals surface area contributed by atoms with Gasteiger partial charge in [0.1, 0.15) is 6.61 Å². The van der Waals surface area contributed by atoms with Crippen LogP contribution in [0.2, 0.25) is 0 Å². The highest BCUT2D eigenvalue weighted by molar-refractivity contribution is 5.92. The second-order valence-corrected chi connectivity index (χ2v) is 4.58. The van der Waals surface area contributed by atoms with Gasteiger partial charge < -0.3 is 15.0 Å². The highest BCUT2D eigenvalue weighted by Crippen LogP contribution is 2.18. The van der Waals surface area contributed by atoms with Crippen LogP contribution in [0.25, 0.3) is 0 Å². The molecule has 0 saturated heterocycles. The number of rotatable bonds is 7. The van der Waals surface area contributed by atoms with Crippen LogP contribution in [0.5, 0.6) is 5.88 Å². The Hall–Kier alpha value is -1.56. The molecule has 2 rings (SSSR count). The van der Waals surface area contributed by atoms with Crippen molar-refractivity contribution in [3.63, 3.8) is 0 Å². The third-order valence-electron chi connectivity index (χ3n) is 3.36. The fraction of sp³-hybridized carbons (Fsp3) is 0.692. The number of nitrogens with zero attached hydrogens (tertiary/aromatic N) is 3. The molecule has 1 aliphatic heterocycles. The Labute approximate surface area is 113 Å². The first-order valence-electron chi connectivity index (χ1n) is 6.95. The van der Waals surface area contributed by atoms with E-state index in [1.54, 1.807) is 10.7 Å². The van der Waals surface area contributed by atoms with E-state index in [2.05, 4.69) is 29.2 Å². The zero-order valence-corrected chi connectivity index (χ0v) is 11.7. The summed E-state index contributed by atoms with van der Waals surface area (Å²) in [5, 5.41) is 7.10. The minimum atomic E-state index is -0.120. The van der Waals surface area contributed by atoms with Gasteiger partial charge in [0.2, 0.25) is 5.88 Å². The molecular weight excluding hydrogens is 244 g/mol. The van der Waals surface area contributed by atoms with Gasteiger partial charge in [-0.3, -0.25) is 4.79 Å². The van der Waals surface area contributed by atoms with Gasteiger partial charge in [0.25, 0.3) is 5.91 Å². The Morgan fingerprint density at radius 2 is 2.32 bits per heavy atom. The van der Waals surface area contributed by atoms with Gasteiger partial charge >= 0.3 is 0 Å². The Morgan fingerprint density at radius 1 is 1.53 bits per heavy atom. The third kappa shape index (κ3) is 3.47. The molecule has 0 aromatic carbocycles. The summed E-state index contributed by atoms with van der Waals surface area (Å²) >= 11 is 0. The van der Waals surface area contributed by atoms with Crippen molar-refractivity contribution >= 4 is 5.91 Å². The average Bonchev–Trinajstić information content (AvgIpc) is 2.99. The van der Waals surface area contributed by atoms with E-state index >= 15 is 0 Å². The number of hydrogen-bond donors (Lipinski definition) is 1. The summed E-state index contributed by atoms with van der Waals surface area (Å²) < 4.78 is 7.06. The molecule has 0 radical (unpaired) electrons. The van der Waals surface area contributed by atoms with Crippen molar-refractivity contribution in [1.82, 2.24) is 20.0 Å². The van der Waals surface area contributed by atoms with Crippen molar-refractivity contribution < 1.29 is 9.53 Å². The molecule has 0 spiro atoms. The first kappa shape index (κ1) is 13.9. The molecule has 106 valence electrons. The maximum atomic E-state index is 11.9. The lowest BCUT2D eigenvalue weighted by atomic mass is 10.3. The van der Waals surface area contributed by atoms with Gasteiger partial charge in [0.05, 0.1) is 6.54 Å². The molecule has 6 heteroatoms. The van der Waals surface area contributed by atoms with Crippen molar-refractivity contribution in [1.29, 1.82) is 0 Å². The molecule has 1 aromatic rings. The van der Waals surface area contributed by atoms with E-state index in [4.69, 9.17) is 4.74 Å². The van der Waals surface area contributed by atoms with Gasteiger partial charge in [0.15, 0.2) is 5.69 Å². The van der Waals surface area contributed by atoms with Crippen molar-refractivity contribution in [2.45, 2.75) is 26.8 Å². The molecule has 1 amide bonds. The quantitative estimate of drug-likeness (QED) is 0.739. The van der Waals surface area contributed by atoms with Crippen LogP contribution in [0, 0.1) is 0 Å². The first-order chi connectivity index (χ1) is 9.24.